The fourth-order valence-electron chi connectivity index (χ4n) is 2.43. The van der Waals surface area contributed by atoms with Gasteiger partial charge in [-0.25, -0.2) is 0 Å². The molecule has 2 N–H and O–H groups in total. The van der Waals surface area contributed by atoms with Gasteiger partial charge in [0.25, 0.3) is 0 Å². The van der Waals surface area contributed by atoms with Crippen molar-refractivity contribution in [1.82, 2.24) is 4.90 Å². The molecule has 0 aliphatic carbocycles. The first-order chi connectivity index (χ1) is 8.08. The maximum Gasteiger partial charge on any atom is 0.0517 e. The standard InChI is InChI=1S/C13H29NO2.C2H6/c1-11(16)7-12(2,3)8-14(6)9-13(4,5)10-15;1-2/h11,15-16H,7-10H2,1-6H3;1-2H3. The maximum absolute atomic E-state index is 9.42. The van der Waals surface area contributed by atoms with Gasteiger partial charge in [-0.05, 0) is 25.8 Å². The molecule has 0 aromatic heterocycles. The van der Waals surface area contributed by atoms with Crippen LogP contribution in [0.3, 0.4) is 0 Å². The molecule has 0 aliphatic rings. The van der Waals surface area contributed by atoms with Crippen LogP contribution in [0.2, 0.25) is 0 Å². The Kier molecular flexibility index (Phi) is 9.98. The van der Waals surface area contributed by atoms with Crippen molar-refractivity contribution in [3.05, 3.63) is 0 Å². The smallest absolute Gasteiger partial charge is 0.0517 e. The van der Waals surface area contributed by atoms with E-state index in [-0.39, 0.29) is 23.5 Å². The quantitative estimate of drug-likeness (QED) is 0.740. The van der Waals surface area contributed by atoms with Gasteiger partial charge in [-0.3, -0.25) is 0 Å². The molecule has 1 unspecified atom stereocenters. The highest BCUT2D eigenvalue weighted by Gasteiger charge is 2.25. The molecule has 0 aromatic carbocycles. The van der Waals surface area contributed by atoms with E-state index in [9.17, 15) is 10.2 Å². The third-order valence-electron chi connectivity index (χ3n) is 2.67. The summed E-state index contributed by atoms with van der Waals surface area (Å²) in [6.07, 6.45) is 0.547. The lowest BCUT2D eigenvalue weighted by Crippen LogP contribution is -2.40. The monoisotopic (exact) mass is 261 g/mol. The first kappa shape index (κ1) is 20.2. The SMILES string of the molecule is CC.CC(O)CC(C)(C)CN(C)CC(C)(C)CO. The van der Waals surface area contributed by atoms with E-state index in [1.54, 1.807) is 0 Å². The van der Waals surface area contributed by atoms with E-state index >= 15 is 0 Å². The molecule has 0 saturated carbocycles. The second kappa shape index (κ2) is 8.89. The van der Waals surface area contributed by atoms with Crippen LogP contribution < -0.4 is 0 Å². The van der Waals surface area contributed by atoms with Gasteiger partial charge in [-0.2, -0.15) is 0 Å². The van der Waals surface area contributed by atoms with Crippen molar-refractivity contribution in [3.8, 4) is 0 Å². The van der Waals surface area contributed by atoms with E-state index in [1.165, 1.54) is 0 Å². The molecule has 0 bridgehead atoms. The molecule has 0 aliphatic heterocycles. The minimum Gasteiger partial charge on any atom is -0.396 e. The highest BCUT2D eigenvalue weighted by molar-refractivity contribution is 4.78. The Morgan fingerprint density at radius 1 is 1.00 bits per heavy atom. The van der Waals surface area contributed by atoms with Crippen LogP contribution in [0.25, 0.3) is 0 Å². The van der Waals surface area contributed by atoms with Gasteiger partial charge in [0.1, 0.15) is 0 Å². The summed E-state index contributed by atoms with van der Waals surface area (Å²) < 4.78 is 0. The Morgan fingerprint density at radius 3 is 1.72 bits per heavy atom. The summed E-state index contributed by atoms with van der Waals surface area (Å²) in [5.41, 5.74) is 0.0457. The van der Waals surface area contributed by atoms with Crippen LogP contribution in [0.4, 0.5) is 0 Å². The molecule has 0 amide bonds. The molecular formula is C15H35NO2. The van der Waals surface area contributed by atoms with E-state index in [4.69, 9.17) is 0 Å². The molecule has 3 heteroatoms. The van der Waals surface area contributed by atoms with Gasteiger partial charge in [-0.15, -0.1) is 0 Å². The predicted molar refractivity (Wildman–Crippen MR) is 79.8 cm³/mol. The van der Waals surface area contributed by atoms with E-state index in [0.717, 1.165) is 19.5 Å². The number of aliphatic hydroxyl groups is 2. The fraction of sp³-hybridized carbons (Fsp3) is 1.00. The summed E-state index contributed by atoms with van der Waals surface area (Å²) in [5.74, 6) is 0. The largest absolute Gasteiger partial charge is 0.396 e. The van der Waals surface area contributed by atoms with Gasteiger partial charge >= 0.3 is 0 Å². The third-order valence-corrected chi connectivity index (χ3v) is 2.67. The van der Waals surface area contributed by atoms with Crippen molar-refractivity contribution in [2.24, 2.45) is 10.8 Å². The normalized spacial score (nSPS) is 14.2. The summed E-state index contributed by atoms with van der Waals surface area (Å²) >= 11 is 0. The zero-order chi connectivity index (χ0) is 15.0. The summed E-state index contributed by atoms with van der Waals surface area (Å²) in [6, 6.07) is 0. The minimum absolute atomic E-state index is 0.0599. The first-order valence-corrected chi connectivity index (χ1v) is 7.05. The predicted octanol–water partition coefficient (Wildman–Crippen LogP) is 2.76. The Balaban J connectivity index is 0. The zero-order valence-electron chi connectivity index (χ0n) is 13.7. The number of nitrogens with zero attached hydrogens (tertiary/aromatic N) is 1. The highest BCUT2D eigenvalue weighted by atomic mass is 16.3. The van der Waals surface area contributed by atoms with Gasteiger partial charge in [0.05, 0.1) is 6.10 Å². The van der Waals surface area contributed by atoms with Crippen molar-refractivity contribution in [2.45, 2.75) is 61.0 Å². The van der Waals surface area contributed by atoms with Gasteiger partial charge in [-0.1, -0.05) is 41.5 Å². The molecule has 0 aromatic rings. The molecule has 0 heterocycles. The van der Waals surface area contributed by atoms with Crippen LogP contribution in [0, 0.1) is 10.8 Å². The second-order valence-corrected chi connectivity index (χ2v) is 6.71. The van der Waals surface area contributed by atoms with Gasteiger partial charge in [0.2, 0.25) is 0 Å². The molecule has 18 heavy (non-hydrogen) atoms. The van der Waals surface area contributed by atoms with Crippen molar-refractivity contribution >= 4 is 0 Å². The highest BCUT2D eigenvalue weighted by Crippen LogP contribution is 2.25. The fourth-order valence-corrected chi connectivity index (χ4v) is 2.43. The van der Waals surface area contributed by atoms with Crippen LogP contribution >= 0.6 is 0 Å². The van der Waals surface area contributed by atoms with E-state index < -0.39 is 0 Å². The van der Waals surface area contributed by atoms with E-state index in [2.05, 4.69) is 39.6 Å². The molecule has 0 radical (unpaired) electrons. The topological polar surface area (TPSA) is 43.7 Å². The minimum atomic E-state index is -0.255. The average Bonchev–Trinajstić information content (AvgIpc) is 2.16. The van der Waals surface area contributed by atoms with Crippen LogP contribution in [-0.2, 0) is 0 Å². The maximum atomic E-state index is 9.42. The second-order valence-electron chi connectivity index (χ2n) is 6.71. The number of hydrogen-bond acceptors (Lipinski definition) is 3. The Hall–Kier alpha value is -0.120. The summed E-state index contributed by atoms with van der Waals surface area (Å²) in [5, 5.41) is 18.6. The lowest BCUT2D eigenvalue weighted by Gasteiger charge is -2.35. The number of hydrogen-bond donors (Lipinski definition) is 2. The molecule has 1 atom stereocenters. The van der Waals surface area contributed by atoms with Crippen LogP contribution in [0.1, 0.15) is 54.9 Å². The Bertz CT molecular complexity index is 201. The lowest BCUT2D eigenvalue weighted by molar-refractivity contribution is 0.0718. The van der Waals surface area contributed by atoms with Gasteiger partial charge in [0.15, 0.2) is 0 Å². The Labute approximate surface area is 114 Å². The zero-order valence-corrected chi connectivity index (χ0v) is 13.7. The van der Waals surface area contributed by atoms with Crippen molar-refractivity contribution in [1.29, 1.82) is 0 Å². The number of rotatable bonds is 7. The van der Waals surface area contributed by atoms with Crippen molar-refractivity contribution in [2.75, 3.05) is 26.7 Å². The third kappa shape index (κ3) is 11.0. The van der Waals surface area contributed by atoms with Gasteiger partial charge < -0.3 is 15.1 Å². The molecule has 0 rings (SSSR count). The molecule has 3 nitrogen and oxygen atoms in total. The Morgan fingerprint density at radius 2 is 1.39 bits per heavy atom. The lowest BCUT2D eigenvalue weighted by atomic mass is 9.85. The molecule has 0 fully saturated rings. The van der Waals surface area contributed by atoms with Crippen LogP contribution in [-0.4, -0.2) is 48.0 Å². The first-order valence-electron chi connectivity index (χ1n) is 7.05. The molecular weight excluding hydrogens is 226 g/mol. The van der Waals surface area contributed by atoms with Crippen molar-refractivity contribution in [3.63, 3.8) is 0 Å². The van der Waals surface area contributed by atoms with Crippen molar-refractivity contribution < 1.29 is 10.2 Å². The summed E-state index contributed by atoms with van der Waals surface area (Å²) in [7, 11) is 2.07. The number of aliphatic hydroxyl groups excluding tert-OH is 2. The van der Waals surface area contributed by atoms with E-state index in [0.29, 0.717) is 0 Å². The molecule has 0 spiro atoms. The summed E-state index contributed by atoms with van der Waals surface area (Å²) in [4.78, 5) is 2.23. The van der Waals surface area contributed by atoms with Crippen LogP contribution in [0.15, 0.2) is 0 Å². The summed E-state index contributed by atoms with van der Waals surface area (Å²) in [6.45, 7) is 16.3. The molecule has 0 saturated heterocycles. The van der Waals surface area contributed by atoms with Gasteiger partial charge in [0, 0.05) is 25.1 Å². The molecule has 112 valence electrons. The average molecular weight is 261 g/mol. The van der Waals surface area contributed by atoms with E-state index in [1.807, 2.05) is 20.8 Å². The van der Waals surface area contributed by atoms with Crippen LogP contribution in [0.5, 0.6) is 0 Å².